The molecule has 0 bridgehead atoms. The number of benzene rings is 1. The fraction of sp³-hybridized carbons (Fsp3) is 0.538. The molecule has 4 nitrogen and oxygen atoms in total. The smallest absolute Gasteiger partial charge is 0.568 e. The van der Waals surface area contributed by atoms with Crippen molar-refractivity contribution in [1.29, 1.82) is 0 Å². The van der Waals surface area contributed by atoms with Gasteiger partial charge in [0.05, 0.1) is 5.56 Å². The van der Waals surface area contributed by atoms with E-state index < -0.39 is 33.0 Å². The average Bonchev–Trinajstić information content (AvgIpc) is 2.45. The van der Waals surface area contributed by atoms with Crippen molar-refractivity contribution in [3.8, 4) is 0 Å². The van der Waals surface area contributed by atoms with E-state index in [-0.39, 0.29) is 35.2 Å². The summed E-state index contributed by atoms with van der Waals surface area (Å²) in [4.78, 5) is 1.54. The second-order valence-corrected chi connectivity index (χ2v) is 6.86. The predicted octanol–water partition coefficient (Wildman–Crippen LogP) is 1.55. The summed E-state index contributed by atoms with van der Waals surface area (Å²) in [5.74, 6) is 0. The first kappa shape index (κ1) is 22.4. The average molecular weight is 398 g/mol. The first-order valence-electron chi connectivity index (χ1n) is 6.92. The molecule has 0 spiro atoms. The molecule has 25 heavy (non-hydrogen) atoms. The van der Waals surface area contributed by atoms with Crippen molar-refractivity contribution in [2.75, 3.05) is 18.0 Å². The third-order valence-corrected chi connectivity index (χ3v) is 4.53. The minimum atomic E-state index is -5.94. The number of halogens is 6. The Morgan fingerprint density at radius 2 is 1.52 bits per heavy atom. The first-order chi connectivity index (χ1) is 10.9. The van der Waals surface area contributed by atoms with Crippen LogP contribution in [-0.2, 0) is 16.2 Å². The molecule has 1 heterocycles. The van der Waals surface area contributed by atoms with Crippen LogP contribution < -0.4 is 34.5 Å². The van der Waals surface area contributed by atoms with Crippen molar-refractivity contribution in [1.82, 2.24) is 0 Å². The monoisotopic (exact) mass is 398 g/mol. The summed E-state index contributed by atoms with van der Waals surface area (Å²) in [5, 5.41) is 0. The summed E-state index contributed by atoms with van der Waals surface area (Å²) in [6.07, 6.45) is -2.55. The summed E-state index contributed by atoms with van der Waals surface area (Å²) >= 11 is 0. The van der Waals surface area contributed by atoms with Crippen molar-refractivity contribution in [2.45, 2.75) is 30.9 Å². The fourth-order valence-electron chi connectivity index (χ4n) is 2.36. The van der Waals surface area contributed by atoms with Crippen LogP contribution in [0.15, 0.2) is 18.2 Å². The van der Waals surface area contributed by atoms with Crippen LogP contribution in [0.4, 0.5) is 37.7 Å². The van der Waals surface area contributed by atoms with Crippen LogP contribution in [-0.4, -0.2) is 27.0 Å². The third-order valence-electron chi connectivity index (χ3n) is 3.51. The van der Waals surface area contributed by atoms with E-state index in [0.29, 0.717) is 38.1 Å². The Balaban J connectivity index is 0.00000312. The molecule has 0 aromatic heterocycles. The Morgan fingerprint density at radius 1 is 0.960 bits per heavy atom. The van der Waals surface area contributed by atoms with Crippen LogP contribution in [0.2, 0.25) is 0 Å². The normalized spacial score (nSPS) is 16.3. The molecule has 0 unspecified atom stereocenters. The molecule has 2 rings (SSSR count). The number of sulfonamides is 1. The van der Waals surface area contributed by atoms with Gasteiger partial charge >= 0.3 is 41.2 Å². The maximum absolute atomic E-state index is 12.8. The molecule has 1 fully saturated rings. The van der Waals surface area contributed by atoms with Crippen LogP contribution in [0.3, 0.4) is 0 Å². The number of anilines is 1. The zero-order chi connectivity index (χ0) is 18.2. The Morgan fingerprint density at radius 3 is 2.00 bits per heavy atom. The Kier molecular flexibility index (Phi) is 7.10. The minimum absolute atomic E-state index is 0. The maximum Gasteiger partial charge on any atom is 1.00 e. The number of alkyl halides is 6. The van der Waals surface area contributed by atoms with Crippen LogP contribution >= 0.6 is 0 Å². The van der Waals surface area contributed by atoms with Crippen molar-refractivity contribution < 1.29 is 64.3 Å². The predicted molar refractivity (Wildman–Crippen MR) is 75.5 cm³/mol. The fourth-order valence-corrected chi connectivity index (χ4v) is 2.87. The molecule has 1 saturated heterocycles. The van der Waals surface area contributed by atoms with E-state index in [4.69, 9.17) is 0 Å². The van der Waals surface area contributed by atoms with Gasteiger partial charge in [-0.2, -0.15) is 26.3 Å². The van der Waals surface area contributed by atoms with E-state index in [9.17, 15) is 34.8 Å². The van der Waals surface area contributed by atoms with E-state index in [0.717, 1.165) is 12.5 Å². The quantitative estimate of drug-likeness (QED) is 0.574. The molecule has 1 aliphatic rings. The molecular formula is C13H13F6N2NaO2S. The van der Waals surface area contributed by atoms with Gasteiger partial charge in [-0.1, -0.05) is 6.07 Å². The number of piperidine rings is 1. The van der Waals surface area contributed by atoms with Crippen molar-refractivity contribution in [2.24, 2.45) is 0 Å². The molecule has 0 atom stereocenters. The Labute approximate surface area is 162 Å². The van der Waals surface area contributed by atoms with Gasteiger partial charge in [0.2, 0.25) is 0 Å². The third kappa shape index (κ3) is 5.41. The van der Waals surface area contributed by atoms with Crippen molar-refractivity contribution in [3.63, 3.8) is 0 Å². The zero-order valence-corrected chi connectivity index (χ0v) is 16.0. The minimum Gasteiger partial charge on any atom is -0.568 e. The first-order valence-corrected chi connectivity index (χ1v) is 8.36. The van der Waals surface area contributed by atoms with Crippen LogP contribution in [0.1, 0.15) is 24.8 Å². The van der Waals surface area contributed by atoms with Crippen LogP contribution in [0.25, 0.3) is 4.72 Å². The second kappa shape index (κ2) is 7.93. The van der Waals surface area contributed by atoms with Gasteiger partial charge in [-0.05, 0) is 31.4 Å². The summed E-state index contributed by atoms with van der Waals surface area (Å²) in [5.41, 5.74) is -7.86. The topological polar surface area (TPSA) is 51.5 Å². The largest absolute Gasteiger partial charge is 1.00 e. The van der Waals surface area contributed by atoms with Gasteiger partial charge in [-0.3, -0.25) is 0 Å². The van der Waals surface area contributed by atoms with E-state index in [1.54, 1.807) is 0 Å². The summed E-state index contributed by atoms with van der Waals surface area (Å²) in [6, 6.07) is 1.98. The van der Waals surface area contributed by atoms with Gasteiger partial charge in [-0.25, -0.2) is 8.42 Å². The Hall–Kier alpha value is -0.650. The van der Waals surface area contributed by atoms with Gasteiger partial charge in [0.25, 0.3) is 0 Å². The van der Waals surface area contributed by atoms with E-state index in [2.05, 4.69) is 4.72 Å². The molecular weight excluding hydrogens is 385 g/mol. The standard InChI is InChI=1S/C13H13F6N2O2S.Na/c14-12(15,16)9-4-5-11(21-6-2-1-3-7-21)10(8-9)20-24(22,23)13(17,18)19;/h4-5,8H,1-3,6-7H2;/q-1;+1. The molecule has 1 aliphatic heterocycles. The number of hydrogen-bond donors (Lipinski definition) is 0. The van der Waals surface area contributed by atoms with Gasteiger partial charge in [0.1, 0.15) is 0 Å². The van der Waals surface area contributed by atoms with Crippen molar-refractivity contribution in [3.05, 3.63) is 28.5 Å². The Bertz CT molecular complexity index is 699. The summed E-state index contributed by atoms with van der Waals surface area (Å²) in [7, 11) is -5.94. The SMILES string of the molecule is O=S(=O)([N-]c1cc(C(F)(F)F)ccc1N1CCCCC1)C(F)(F)F.[Na+]. The van der Waals surface area contributed by atoms with E-state index in [1.807, 2.05) is 0 Å². The van der Waals surface area contributed by atoms with Gasteiger partial charge in [0.15, 0.2) is 10.0 Å². The van der Waals surface area contributed by atoms with Crippen LogP contribution in [0, 0.1) is 0 Å². The van der Waals surface area contributed by atoms with Crippen LogP contribution in [0.5, 0.6) is 0 Å². The zero-order valence-electron chi connectivity index (χ0n) is 13.2. The number of nitrogens with zero attached hydrogens (tertiary/aromatic N) is 2. The maximum atomic E-state index is 12.8. The molecule has 12 heteroatoms. The molecule has 0 saturated carbocycles. The van der Waals surface area contributed by atoms with Gasteiger partial charge in [0, 0.05) is 18.8 Å². The summed E-state index contributed by atoms with van der Waals surface area (Å²) in [6.45, 7) is 0.805. The molecule has 1 aromatic carbocycles. The summed E-state index contributed by atoms with van der Waals surface area (Å²) < 4.78 is 101. The van der Waals surface area contributed by atoms with Gasteiger partial charge in [-0.15, -0.1) is 5.69 Å². The van der Waals surface area contributed by atoms with Crippen molar-refractivity contribution >= 4 is 21.4 Å². The number of rotatable bonds is 3. The molecule has 0 amide bonds. The second-order valence-electron chi connectivity index (χ2n) is 5.26. The molecule has 0 radical (unpaired) electrons. The van der Waals surface area contributed by atoms with Gasteiger partial charge < -0.3 is 9.62 Å². The number of hydrogen-bond acceptors (Lipinski definition) is 3. The molecule has 0 N–H and O–H groups in total. The van der Waals surface area contributed by atoms with E-state index in [1.165, 1.54) is 4.90 Å². The molecule has 1 aromatic rings. The molecule has 136 valence electrons. The molecule has 0 aliphatic carbocycles. The van der Waals surface area contributed by atoms with E-state index >= 15 is 0 Å².